The van der Waals surface area contributed by atoms with Gasteiger partial charge in [0, 0.05) is 0 Å². The maximum atomic E-state index is 12.3. The number of hydrogen-bond donors (Lipinski definition) is 0. The molecule has 0 aliphatic rings. The predicted octanol–water partition coefficient (Wildman–Crippen LogP) is 3.86. The molecule has 0 fully saturated rings. The molecule has 0 aromatic heterocycles. The van der Waals surface area contributed by atoms with E-state index in [0.717, 1.165) is 12.5 Å². The van der Waals surface area contributed by atoms with E-state index in [-0.39, 0.29) is 0 Å². The zero-order valence-corrected chi connectivity index (χ0v) is 7.93. The highest BCUT2D eigenvalue weighted by molar-refractivity contribution is 5.26. The molecule has 0 aliphatic heterocycles. The lowest BCUT2D eigenvalue weighted by Crippen LogP contribution is -2.05. The Morgan fingerprint density at radius 2 is 2.00 bits per heavy atom. The lowest BCUT2D eigenvalue weighted by atomic mass is 10.1. The SMILES string of the molecule is CC[CH]Cc1cccc(C(F)(F)F)c1. The van der Waals surface area contributed by atoms with Crippen LogP contribution in [0.4, 0.5) is 13.2 Å². The second-order valence-corrected chi connectivity index (χ2v) is 3.10. The Morgan fingerprint density at radius 3 is 2.57 bits per heavy atom. The van der Waals surface area contributed by atoms with Crippen molar-refractivity contribution in [2.45, 2.75) is 25.9 Å². The molecular formula is C11H12F3. The number of benzene rings is 1. The van der Waals surface area contributed by atoms with E-state index in [0.29, 0.717) is 12.0 Å². The number of halogens is 3. The Labute approximate surface area is 81.8 Å². The standard InChI is InChI=1S/C11H12F3/c1-2-3-5-9-6-4-7-10(8-9)11(12,13)14/h3-4,6-8H,2,5H2,1H3. The molecule has 0 aliphatic carbocycles. The highest BCUT2D eigenvalue weighted by Crippen LogP contribution is 2.29. The number of rotatable bonds is 3. The first-order valence-electron chi connectivity index (χ1n) is 4.52. The van der Waals surface area contributed by atoms with Crippen LogP contribution in [0.15, 0.2) is 24.3 Å². The van der Waals surface area contributed by atoms with E-state index < -0.39 is 11.7 Å². The minimum atomic E-state index is -4.23. The van der Waals surface area contributed by atoms with Gasteiger partial charge in [0.1, 0.15) is 0 Å². The molecule has 0 heterocycles. The molecule has 0 amide bonds. The summed E-state index contributed by atoms with van der Waals surface area (Å²) in [6, 6.07) is 5.45. The topological polar surface area (TPSA) is 0 Å². The van der Waals surface area contributed by atoms with Gasteiger partial charge in [0.05, 0.1) is 5.56 Å². The fourth-order valence-electron chi connectivity index (χ4n) is 1.19. The van der Waals surface area contributed by atoms with Crippen molar-refractivity contribution in [2.24, 2.45) is 0 Å². The molecule has 0 saturated heterocycles. The van der Waals surface area contributed by atoms with E-state index in [4.69, 9.17) is 0 Å². The molecule has 1 radical (unpaired) electrons. The summed E-state index contributed by atoms with van der Waals surface area (Å²) in [6.07, 6.45) is -0.811. The molecule has 0 bridgehead atoms. The number of unbranched alkanes of at least 4 members (excludes halogenated alkanes) is 1. The van der Waals surface area contributed by atoms with Crippen LogP contribution in [-0.4, -0.2) is 0 Å². The van der Waals surface area contributed by atoms with E-state index in [1.54, 1.807) is 6.07 Å². The zero-order valence-electron chi connectivity index (χ0n) is 7.93. The monoisotopic (exact) mass is 201 g/mol. The Morgan fingerprint density at radius 1 is 1.29 bits per heavy atom. The van der Waals surface area contributed by atoms with Gasteiger partial charge in [-0.05, 0) is 24.5 Å². The number of alkyl halides is 3. The fraction of sp³-hybridized carbons (Fsp3) is 0.364. The molecular weight excluding hydrogens is 189 g/mol. The Hall–Kier alpha value is -0.990. The van der Waals surface area contributed by atoms with E-state index >= 15 is 0 Å². The third-order valence-corrected chi connectivity index (χ3v) is 1.92. The molecule has 0 spiro atoms. The van der Waals surface area contributed by atoms with Crippen molar-refractivity contribution in [1.29, 1.82) is 0 Å². The Kier molecular flexibility index (Phi) is 3.55. The highest BCUT2D eigenvalue weighted by atomic mass is 19.4. The molecule has 0 unspecified atom stereocenters. The average molecular weight is 201 g/mol. The third kappa shape index (κ3) is 3.05. The first-order chi connectivity index (χ1) is 6.54. The molecule has 14 heavy (non-hydrogen) atoms. The van der Waals surface area contributed by atoms with Crippen molar-refractivity contribution in [2.75, 3.05) is 0 Å². The average Bonchev–Trinajstić information content (AvgIpc) is 2.14. The Balaban J connectivity index is 2.79. The van der Waals surface area contributed by atoms with Crippen molar-refractivity contribution < 1.29 is 13.2 Å². The van der Waals surface area contributed by atoms with Gasteiger partial charge in [-0.2, -0.15) is 13.2 Å². The van der Waals surface area contributed by atoms with E-state index in [1.807, 2.05) is 13.3 Å². The van der Waals surface area contributed by atoms with Crippen LogP contribution in [0.25, 0.3) is 0 Å². The van der Waals surface area contributed by atoms with Gasteiger partial charge in [-0.15, -0.1) is 0 Å². The van der Waals surface area contributed by atoms with Gasteiger partial charge in [0.2, 0.25) is 0 Å². The van der Waals surface area contributed by atoms with Gasteiger partial charge in [-0.25, -0.2) is 0 Å². The van der Waals surface area contributed by atoms with Crippen LogP contribution in [0.1, 0.15) is 24.5 Å². The van der Waals surface area contributed by atoms with Crippen molar-refractivity contribution in [3.8, 4) is 0 Å². The third-order valence-electron chi connectivity index (χ3n) is 1.92. The largest absolute Gasteiger partial charge is 0.416 e. The molecule has 77 valence electrons. The summed E-state index contributed by atoms with van der Waals surface area (Å²) in [6.45, 7) is 1.97. The second kappa shape index (κ2) is 4.49. The molecule has 0 saturated carbocycles. The zero-order chi connectivity index (χ0) is 10.6. The highest BCUT2D eigenvalue weighted by Gasteiger charge is 2.30. The Bertz CT molecular complexity index is 289. The van der Waals surface area contributed by atoms with Crippen LogP contribution >= 0.6 is 0 Å². The normalized spacial score (nSPS) is 11.7. The first-order valence-corrected chi connectivity index (χ1v) is 4.52. The van der Waals surface area contributed by atoms with Crippen molar-refractivity contribution in [3.05, 3.63) is 41.8 Å². The summed E-state index contributed by atoms with van der Waals surface area (Å²) in [5.41, 5.74) is 0.140. The lowest BCUT2D eigenvalue weighted by molar-refractivity contribution is -0.137. The van der Waals surface area contributed by atoms with Crippen LogP contribution in [0.3, 0.4) is 0 Å². The molecule has 0 nitrogen and oxygen atoms in total. The summed E-state index contributed by atoms with van der Waals surface area (Å²) >= 11 is 0. The van der Waals surface area contributed by atoms with Crippen LogP contribution in [0.2, 0.25) is 0 Å². The summed E-state index contributed by atoms with van der Waals surface area (Å²) in [5.74, 6) is 0. The van der Waals surface area contributed by atoms with Crippen LogP contribution in [0.5, 0.6) is 0 Å². The van der Waals surface area contributed by atoms with Gasteiger partial charge < -0.3 is 0 Å². The fourth-order valence-corrected chi connectivity index (χ4v) is 1.19. The van der Waals surface area contributed by atoms with Gasteiger partial charge in [0.15, 0.2) is 0 Å². The summed E-state index contributed by atoms with van der Waals surface area (Å²) in [7, 11) is 0. The second-order valence-electron chi connectivity index (χ2n) is 3.10. The summed E-state index contributed by atoms with van der Waals surface area (Å²) in [5, 5.41) is 0. The minimum Gasteiger partial charge on any atom is -0.166 e. The molecule has 3 heteroatoms. The predicted molar refractivity (Wildman–Crippen MR) is 49.7 cm³/mol. The van der Waals surface area contributed by atoms with Crippen molar-refractivity contribution >= 4 is 0 Å². The summed E-state index contributed by atoms with van der Waals surface area (Å²) < 4.78 is 36.8. The van der Waals surface area contributed by atoms with Crippen molar-refractivity contribution in [3.63, 3.8) is 0 Å². The molecule has 1 rings (SSSR count). The molecule has 0 N–H and O–H groups in total. The quantitative estimate of drug-likeness (QED) is 0.696. The van der Waals surface area contributed by atoms with E-state index in [2.05, 4.69) is 0 Å². The smallest absolute Gasteiger partial charge is 0.166 e. The van der Waals surface area contributed by atoms with E-state index in [9.17, 15) is 13.2 Å². The van der Waals surface area contributed by atoms with Crippen LogP contribution < -0.4 is 0 Å². The first kappa shape index (κ1) is 11.1. The van der Waals surface area contributed by atoms with E-state index in [1.165, 1.54) is 12.1 Å². The van der Waals surface area contributed by atoms with Crippen LogP contribution in [0, 0.1) is 6.42 Å². The summed E-state index contributed by atoms with van der Waals surface area (Å²) in [4.78, 5) is 0. The molecule has 0 atom stereocenters. The van der Waals surface area contributed by atoms with Gasteiger partial charge in [0.25, 0.3) is 0 Å². The van der Waals surface area contributed by atoms with Crippen LogP contribution in [-0.2, 0) is 12.6 Å². The number of hydrogen-bond acceptors (Lipinski definition) is 0. The van der Waals surface area contributed by atoms with Gasteiger partial charge in [-0.3, -0.25) is 0 Å². The lowest BCUT2D eigenvalue weighted by Gasteiger charge is -2.08. The molecule has 1 aromatic rings. The minimum absolute atomic E-state index is 0.570. The molecule has 1 aromatic carbocycles. The van der Waals surface area contributed by atoms with Gasteiger partial charge in [-0.1, -0.05) is 31.5 Å². The van der Waals surface area contributed by atoms with Gasteiger partial charge >= 0.3 is 6.18 Å². The maximum absolute atomic E-state index is 12.3. The van der Waals surface area contributed by atoms with Crippen molar-refractivity contribution in [1.82, 2.24) is 0 Å². The maximum Gasteiger partial charge on any atom is 0.416 e.